The summed E-state index contributed by atoms with van der Waals surface area (Å²) in [4.78, 5) is 17.4. The average molecular weight is 376 g/mol. The highest BCUT2D eigenvalue weighted by Gasteiger charge is 2.33. The summed E-state index contributed by atoms with van der Waals surface area (Å²) in [5.74, 6) is 0.394. The van der Waals surface area contributed by atoms with E-state index in [0.29, 0.717) is 35.4 Å². The number of hydrogen-bond acceptors (Lipinski definition) is 5. The standard InChI is InChI=1S/C16H23F3N4OS/c17-16(18,19)13-8-21-14(25-13)10-23-6-2-3-11(9-23)7-22-15(24)12-4-1-5-20-12/h8,11-12,20H,1-7,9-10H2,(H,22,24). The van der Waals surface area contributed by atoms with Gasteiger partial charge in [-0.25, -0.2) is 4.98 Å². The van der Waals surface area contributed by atoms with E-state index in [2.05, 4.69) is 20.5 Å². The molecule has 0 aliphatic carbocycles. The first-order valence-electron chi connectivity index (χ1n) is 8.67. The van der Waals surface area contributed by atoms with E-state index in [1.54, 1.807) is 0 Å². The van der Waals surface area contributed by atoms with E-state index >= 15 is 0 Å². The van der Waals surface area contributed by atoms with Crippen molar-refractivity contribution in [2.45, 2.75) is 44.4 Å². The molecular weight excluding hydrogens is 353 g/mol. The van der Waals surface area contributed by atoms with Gasteiger partial charge in [-0.2, -0.15) is 13.2 Å². The van der Waals surface area contributed by atoms with Gasteiger partial charge in [0.25, 0.3) is 0 Å². The van der Waals surface area contributed by atoms with E-state index in [0.717, 1.165) is 51.5 Å². The largest absolute Gasteiger partial charge is 0.427 e. The van der Waals surface area contributed by atoms with Crippen LogP contribution >= 0.6 is 11.3 Å². The minimum Gasteiger partial charge on any atom is -0.354 e. The molecule has 2 N–H and O–H groups in total. The van der Waals surface area contributed by atoms with Crippen molar-refractivity contribution < 1.29 is 18.0 Å². The fraction of sp³-hybridized carbons (Fsp3) is 0.750. The molecule has 3 rings (SSSR count). The highest BCUT2D eigenvalue weighted by molar-refractivity contribution is 7.11. The number of likely N-dealkylation sites (tertiary alicyclic amines) is 1. The molecule has 140 valence electrons. The molecule has 5 nitrogen and oxygen atoms in total. The lowest BCUT2D eigenvalue weighted by Crippen LogP contribution is -2.45. The minimum atomic E-state index is -4.32. The predicted octanol–water partition coefficient (Wildman–Crippen LogP) is 2.24. The zero-order valence-electron chi connectivity index (χ0n) is 13.9. The van der Waals surface area contributed by atoms with E-state index in [4.69, 9.17) is 0 Å². The summed E-state index contributed by atoms with van der Waals surface area (Å²) in [5, 5.41) is 6.68. The Morgan fingerprint density at radius 1 is 1.40 bits per heavy atom. The van der Waals surface area contributed by atoms with Crippen LogP contribution in [0.25, 0.3) is 0 Å². The molecule has 2 fully saturated rings. The predicted molar refractivity (Wildman–Crippen MR) is 89.2 cm³/mol. The van der Waals surface area contributed by atoms with Crippen LogP contribution in [0.1, 0.15) is 35.6 Å². The van der Waals surface area contributed by atoms with Crippen molar-refractivity contribution in [1.82, 2.24) is 20.5 Å². The number of thiazole rings is 1. The second-order valence-corrected chi connectivity index (χ2v) is 7.87. The third-order valence-electron chi connectivity index (χ3n) is 4.74. The lowest BCUT2D eigenvalue weighted by atomic mass is 9.98. The van der Waals surface area contributed by atoms with Crippen molar-refractivity contribution in [2.24, 2.45) is 5.92 Å². The van der Waals surface area contributed by atoms with Crippen LogP contribution in [0.5, 0.6) is 0 Å². The Hall–Kier alpha value is -1.19. The molecule has 1 aromatic heterocycles. The summed E-state index contributed by atoms with van der Waals surface area (Å²) < 4.78 is 38.0. The van der Waals surface area contributed by atoms with Gasteiger partial charge >= 0.3 is 6.18 Å². The van der Waals surface area contributed by atoms with Crippen molar-refractivity contribution in [3.63, 3.8) is 0 Å². The molecular formula is C16H23F3N4OS. The molecule has 0 bridgehead atoms. The summed E-state index contributed by atoms with van der Waals surface area (Å²) in [7, 11) is 0. The number of nitrogens with zero attached hydrogens (tertiary/aromatic N) is 2. The molecule has 3 heterocycles. The minimum absolute atomic E-state index is 0.0596. The highest BCUT2D eigenvalue weighted by atomic mass is 32.1. The Balaban J connectivity index is 1.46. The first-order valence-corrected chi connectivity index (χ1v) is 9.49. The normalized spacial score (nSPS) is 25.2. The molecule has 2 atom stereocenters. The van der Waals surface area contributed by atoms with Crippen molar-refractivity contribution in [3.8, 4) is 0 Å². The molecule has 2 saturated heterocycles. The number of piperidine rings is 1. The number of alkyl halides is 3. The fourth-order valence-electron chi connectivity index (χ4n) is 3.44. The number of carbonyl (C=O) groups excluding carboxylic acids is 1. The number of rotatable bonds is 5. The van der Waals surface area contributed by atoms with Crippen LogP contribution in [-0.4, -0.2) is 48.0 Å². The maximum absolute atomic E-state index is 12.7. The Bertz CT molecular complexity index is 586. The third kappa shape index (κ3) is 5.15. The van der Waals surface area contributed by atoms with Crippen LogP contribution in [-0.2, 0) is 17.5 Å². The molecule has 2 aliphatic rings. The molecule has 0 saturated carbocycles. The topological polar surface area (TPSA) is 57.3 Å². The maximum Gasteiger partial charge on any atom is 0.427 e. The third-order valence-corrected chi connectivity index (χ3v) is 5.76. The first-order chi connectivity index (χ1) is 11.9. The first kappa shape index (κ1) is 18.6. The Morgan fingerprint density at radius 2 is 2.24 bits per heavy atom. The number of amides is 1. The summed E-state index contributed by atoms with van der Waals surface area (Å²) >= 11 is 0.714. The number of hydrogen-bond donors (Lipinski definition) is 2. The van der Waals surface area contributed by atoms with E-state index in [1.807, 2.05) is 0 Å². The maximum atomic E-state index is 12.7. The van der Waals surface area contributed by atoms with Crippen molar-refractivity contribution in [3.05, 3.63) is 16.1 Å². The van der Waals surface area contributed by atoms with Crippen LogP contribution in [0.4, 0.5) is 13.2 Å². The molecule has 1 aromatic rings. The van der Waals surface area contributed by atoms with E-state index in [-0.39, 0.29) is 11.9 Å². The molecule has 25 heavy (non-hydrogen) atoms. The van der Waals surface area contributed by atoms with Crippen LogP contribution in [0.3, 0.4) is 0 Å². The lowest BCUT2D eigenvalue weighted by Gasteiger charge is -2.32. The van der Waals surface area contributed by atoms with Gasteiger partial charge in [-0.05, 0) is 44.7 Å². The average Bonchev–Trinajstić information content (AvgIpc) is 3.24. The second kappa shape index (κ2) is 8.01. The lowest BCUT2D eigenvalue weighted by molar-refractivity contribution is -0.134. The van der Waals surface area contributed by atoms with Gasteiger partial charge in [-0.15, -0.1) is 11.3 Å². The van der Waals surface area contributed by atoms with Gasteiger partial charge < -0.3 is 10.6 Å². The Labute approximate surface area is 149 Å². The fourth-order valence-corrected chi connectivity index (χ4v) is 4.27. The molecule has 0 aromatic carbocycles. The quantitative estimate of drug-likeness (QED) is 0.828. The van der Waals surface area contributed by atoms with Gasteiger partial charge in [0.05, 0.1) is 18.8 Å². The van der Waals surface area contributed by atoms with Crippen LogP contribution in [0.15, 0.2) is 6.20 Å². The van der Waals surface area contributed by atoms with Gasteiger partial charge in [-0.3, -0.25) is 9.69 Å². The van der Waals surface area contributed by atoms with Crippen LogP contribution < -0.4 is 10.6 Å². The smallest absolute Gasteiger partial charge is 0.354 e. The molecule has 0 radical (unpaired) electrons. The number of aromatic nitrogens is 1. The zero-order chi connectivity index (χ0) is 17.9. The van der Waals surface area contributed by atoms with Crippen molar-refractivity contribution >= 4 is 17.2 Å². The van der Waals surface area contributed by atoms with Crippen molar-refractivity contribution in [2.75, 3.05) is 26.2 Å². The van der Waals surface area contributed by atoms with Crippen LogP contribution in [0.2, 0.25) is 0 Å². The van der Waals surface area contributed by atoms with Gasteiger partial charge in [0.2, 0.25) is 5.91 Å². The van der Waals surface area contributed by atoms with Crippen molar-refractivity contribution in [1.29, 1.82) is 0 Å². The molecule has 9 heteroatoms. The van der Waals surface area contributed by atoms with Gasteiger partial charge in [0.1, 0.15) is 9.88 Å². The van der Waals surface area contributed by atoms with Crippen LogP contribution in [0, 0.1) is 5.92 Å². The zero-order valence-corrected chi connectivity index (χ0v) is 14.8. The van der Waals surface area contributed by atoms with Gasteiger partial charge in [-0.1, -0.05) is 0 Å². The van der Waals surface area contributed by atoms with E-state index in [9.17, 15) is 18.0 Å². The Morgan fingerprint density at radius 3 is 2.92 bits per heavy atom. The van der Waals surface area contributed by atoms with Gasteiger partial charge in [0.15, 0.2) is 0 Å². The molecule has 2 unspecified atom stereocenters. The monoisotopic (exact) mass is 376 g/mol. The van der Waals surface area contributed by atoms with E-state index < -0.39 is 11.1 Å². The number of nitrogens with one attached hydrogen (secondary N) is 2. The number of carbonyl (C=O) groups is 1. The highest BCUT2D eigenvalue weighted by Crippen LogP contribution is 2.33. The SMILES string of the molecule is O=C(NCC1CCCN(Cc2ncc(C(F)(F)F)s2)C1)C1CCCN1. The molecule has 1 amide bonds. The van der Waals surface area contributed by atoms with E-state index in [1.165, 1.54) is 0 Å². The van der Waals surface area contributed by atoms with Gasteiger partial charge in [0, 0.05) is 13.1 Å². The Kier molecular flexibility index (Phi) is 5.96. The summed E-state index contributed by atoms with van der Waals surface area (Å²) in [5.41, 5.74) is 0. The second-order valence-electron chi connectivity index (χ2n) is 6.75. The molecule has 0 spiro atoms. The number of halogens is 3. The summed E-state index contributed by atoms with van der Waals surface area (Å²) in [6.07, 6.45) is 0.520. The summed E-state index contributed by atoms with van der Waals surface area (Å²) in [6, 6.07) is -0.0733. The molecule has 2 aliphatic heterocycles. The summed E-state index contributed by atoms with van der Waals surface area (Å²) in [6.45, 7) is 3.59.